The summed E-state index contributed by atoms with van der Waals surface area (Å²) < 4.78 is 74.3. The highest BCUT2D eigenvalue weighted by Crippen LogP contribution is 2.41. The lowest BCUT2D eigenvalue weighted by atomic mass is 10.0. The lowest BCUT2D eigenvalue weighted by Crippen LogP contribution is -2.22. The van der Waals surface area contributed by atoms with Crippen molar-refractivity contribution in [2.75, 3.05) is 0 Å². The van der Waals surface area contributed by atoms with Gasteiger partial charge >= 0.3 is 12.4 Å². The van der Waals surface area contributed by atoms with Crippen LogP contribution in [0.25, 0.3) is 0 Å². The van der Waals surface area contributed by atoms with E-state index in [1.165, 1.54) is 0 Å². The molecule has 1 amide bonds. The molecule has 0 aliphatic heterocycles. The SMILES string of the molecule is NC(=O)c1ccc(C(F)(F)F)c(I)c1C(F)(F)F. The Bertz CT molecular complexity index is 493. The molecule has 1 aromatic carbocycles. The van der Waals surface area contributed by atoms with Gasteiger partial charge in [-0.3, -0.25) is 4.79 Å². The maximum absolute atomic E-state index is 12.7. The van der Waals surface area contributed by atoms with Crippen LogP contribution in [0.4, 0.5) is 26.3 Å². The molecule has 0 aromatic heterocycles. The van der Waals surface area contributed by atoms with Gasteiger partial charge in [-0.25, -0.2) is 0 Å². The number of hydrogen-bond donors (Lipinski definition) is 1. The number of hydrogen-bond acceptors (Lipinski definition) is 1. The van der Waals surface area contributed by atoms with Crippen molar-refractivity contribution < 1.29 is 31.1 Å². The van der Waals surface area contributed by atoms with E-state index in [4.69, 9.17) is 5.73 Å². The van der Waals surface area contributed by atoms with Gasteiger partial charge < -0.3 is 5.73 Å². The smallest absolute Gasteiger partial charge is 0.366 e. The molecule has 0 bridgehead atoms. The van der Waals surface area contributed by atoms with Crippen molar-refractivity contribution >= 4 is 28.5 Å². The van der Waals surface area contributed by atoms with Gasteiger partial charge in [-0.1, -0.05) is 0 Å². The monoisotopic (exact) mass is 383 g/mol. The van der Waals surface area contributed by atoms with Crippen molar-refractivity contribution in [3.8, 4) is 0 Å². The first-order valence-electron chi connectivity index (χ1n) is 4.23. The van der Waals surface area contributed by atoms with Gasteiger partial charge in [0.05, 0.1) is 16.7 Å². The highest BCUT2D eigenvalue weighted by atomic mass is 127. The number of alkyl halides is 6. The zero-order valence-corrected chi connectivity index (χ0v) is 10.4. The Hall–Kier alpha value is -1.00. The first-order chi connectivity index (χ1) is 7.96. The molecule has 9 heteroatoms. The number of nitrogens with two attached hydrogens (primary N) is 1. The van der Waals surface area contributed by atoms with E-state index in [2.05, 4.69) is 0 Å². The topological polar surface area (TPSA) is 43.1 Å². The minimum absolute atomic E-state index is 0.400. The minimum Gasteiger partial charge on any atom is -0.366 e. The molecule has 0 atom stereocenters. The Balaban J connectivity index is 3.67. The summed E-state index contributed by atoms with van der Waals surface area (Å²) in [5.74, 6) is -1.44. The summed E-state index contributed by atoms with van der Waals surface area (Å²) >= 11 is 0.903. The van der Waals surface area contributed by atoms with E-state index in [0.717, 1.165) is 22.6 Å². The third kappa shape index (κ3) is 2.87. The van der Waals surface area contributed by atoms with Gasteiger partial charge in [-0.05, 0) is 34.7 Å². The molecule has 0 aliphatic rings. The number of rotatable bonds is 1. The van der Waals surface area contributed by atoms with Crippen LogP contribution in [0.1, 0.15) is 21.5 Å². The van der Waals surface area contributed by atoms with Crippen molar-refractivity contribution in [3.63, 3.8) is 0 Å². The lowest BCUT2D eigenvalue weighted by molar-refractivity contribution is -0.144. The molecule has 0 radical (unpaired) electrons. The van der Waals surface area contributed by atoms with Crippen LogP contribution in [0.3, 0.4) is 0 Å². The fourth-order valence-corrected chi connectivity index (χ4v) is 2.36. The quantitative estimate of drug-likeness (QED) is 0.586. The Morgan fingerprint density at radius 3 is 1.89 bits per heavy atom. The van der Waals surface area contributed by atoms with Crippen molar-refractivity contribution in [1.29, 1.82) is 0 Å². The van der Waals surface area contributed by atoms with Crippen molar-refractivity contribution in [3.05, 3.63) is 32.4 Å². The first-order valence-corrected chi connectivity index (χ1v) is 5.31. The Kier molecular flexibility index (Phi) is 3.84. The normalized spacial score (nSPS) is 12.6. The second-order valence-corrected chi connectivity index (χ2v) is 4.29. The van der Waals surface area contributed by atoms with E-state index in [9.17, 15) is 31.1 Å². The molecular formula is C9H4F6INO. The molecule has 1 aromatic rings. The molecular weight excluding hydrogens is 379 g/mol. The molecule has 1 rings (SSSR count). The fraction of sp³-hybridized carbons (Fsp3) is 0.222. The molecule has 18 heavy (non-hydrogen) atoms. The van der Waals surface area contributed by atoms with Crippen LogP contribution in [-0.2, 0) is 12.4 Å². The average molecular weight is 383 g/mol. The largest absolute Gasteiger partial charge is 0.418 e. The molecule has 0 heterocycles. The number of amides is 1. The summed E-state index contributed by atoms with van der Waals surface area (Å²) in [6.07, 6.45) is -10.0. The van der Waals surface area contributed by atoms with Gasteiger partial charge in [-0.15, -0.1) is 0 Å². The zero-order valence-electron chi connectivity index (χ0n) is 8.29. The van der Waals surface area contributed by atoms with Gasteiger partial charge in [0.15, 0.2) is 0 Å². The molecule has 0 saturated carbocycles. The number of benzene rings is 1. The maximum atomic E-state index is 12.7. The van der Waals surface area contributed by atoms with E-state index in [0.29, 0.717) is 12.1 Å². The van der Waals surface area contributed by atoms with Gasteiger partial charge in [0, 0.05) is 3.57 Å². The fourth-order valence-electron chi connectivity index (χ4n) is 1.28. The summed E-state index contributed by atoms with van der Waals surface area (Å²) in [4.78, 5) is 10.8. The Labute approximate surface area is 110 Å². The highest BCUT2D eigenvalue weighted by Gasteiger charge is 2.42. The Morgan fingerprint density at radius 2 is 1.56 bits per heavy atom. The summed E-state index contributed by atoms with van der Waals surface area (Å²) in [7, 11) is 0. The zero-order chi connectivity index (χ0) is 14.3. The minimum atomic E-state index is -5.10. The summed E-state index contributed by atoms with van der Waals surface area (Å²) in [5.41, 5.74) is 0.610. The van der Waals surface area contributed by atoms with Gasteiger partial charge in [0.25, 0.3) is 0 Å². The van der Waals surface area contributed by atoms with Crippen LogP contribution in [-0.4, -0.2) is 5.91 Å². The van der Waals surface area contributed by atoms with Crippen LogP contribution < -0.4 is 5.73 Å². The van der Waals surface area contributed by atoms with Gasteiger partial charge in [0.1, 0.15) is 0 Å². The number of carbonyl (C=O) groups is 1. The van der Waals surface area contributed by atoms with Crippen LogP contribution in [0.2, 0.25) is 0 Å². The number of carbonyl (C=O) groups excluding carboxylic acids is 1. The van der Waals surface area contributed by atoms with Crippen LogP contribution >= 0.6 is 22.6 Å². The average Bonchev–Trinajstić information content (AvgIpc) is 2.12. The van der Waals surface area contributed by atoms with Crippen LogP contribution in [0, 0.1) is 3.57 Å². The summed E-state index contributed by atoms with van der Waals surface area (Å²) in [6, 6.07) is 0.827. The third-order valence-electron chi connectivity index (χ3n) is 2.00. The number of primary amides is 1. The van der Waals surface area contributed by atoms with Crippen LogP contribution in [0.5, 0.6) is 0 Å². The first kappa shape index (κ1) is 15.1. The molecule has 0 saturated heterocycles. The summed E-state index contributed by atoms with van der Waals surface area (Å²) in [6.45, 7) is 0. The van der Waals surface area contributed by atoms with E-state index in [-0.39, 0.29) is 0 Å². The van der Waals surface area contributed by atoms with E-state index < -0.39 is 38.5 Å². The van der Waals surface area contributed by atoms with Gasteiger partial charge in [0.2, 0.25) is 5.91 Å². The second kappa shape index (κ2) is 4.59. The third-order valence-corrected chi connectivity index (χ3v) is 3.12. The molecule has 2 N–H and O–H groups in total. The molecule has 100 valence electrons. The maximum Gasteiger partial charge on any atom is 0.418 e. The Morgan fingerprint density at radius 1 is 1.06 bits per heavy atom. The lowest BCUT2D eigenvalue weighted by Gasteiger charge is -2.17. The standard InChI is InChI=1S/C9H4F6INO/c10-8(11,12)4-2-1-3(7(17)18)5(6(4)16)9(13,14)15/h1-2H,(H2,17,18). The van der Waals surface area contributed by atoms with Crippen molar-refractivity contribution in [1.82, 2.24) is 0 Å². The molecule has 0 unspecified atom stereocenters. The highest BCUT2D eigenvalue weighted by molar-refractivity contribution is 14.1. The molecule has 0 fully saturated rings. The molecule has 0 aliphatic carbocycles. The van der Waals surface area contributed by atoms with Gasteiger partial charge in [-0.2, -0.15) is 26.3 Å². The predicted octanol–water partition coefficient (Wildman–Crippen LogP) is 3.43. The van der Waals surface area contributed by atoms with E-state index in [1.807, 2.05) is 0 Å². The van der Waals surface area contributed by atoms with Crippen LogP contribution in [0.15, 0.2) is 12.1 Å². The van der Waals surface area contributed by atoms with E-state index >= 15 is 0 Å². The second-order valence-electron chi connectivity index (χ2n) is 3.21. The molecule has 0 spiro atoms. The van der Waals surface area contributed by atoms with Crippen molar-refractivity contribution in [2.45, 2.75) is 12.4 Å². The van der Waals surface area contributed by atoms with E-state index in [1.54, 1.807) is 0 Å². The number of halogens is 7. The summed E-state index contributed by atoms with van der Waals surface area (Å²) in [5, 5.41) is 0. The molecule has 2 nitrogen and oxygen atoms in total. The van der Waals surface area contributed by atoms with Crippen molar-refractivity contribution in [2.24, 2.45) is 5.73 Å². The predicted molar refractivity (Wildman–Crippen MR) is 57.7 cm³/mol.